The van der Waals surface area contributed by atoms with Crippen LogP contribution in [0.15, 0.2) is 36.5 Å². The van der Waals surface area contributed by atoms with Gasteiger partial charge in [0, 0.05) is 17.8 Å². The monoisotopic (exact) mass is 290 g/mol. The molecule has 1 heterocycles. The van der Waals surface area contributed by atoms with Crippen molar-refractivity contribution < 1.29 is 19.5 Å². The van der Waals surface area contributed by atoms with E-state index < -0.39 is 11.0 Å². The Labute approximate surface area is 120 Å². The molecular formula is C14H14N2O5. The van der Waals surface area contributed by atoms with Gasteiger partial charge >= 0.3 is 0 Å². The first-order valence-electron chi connectivity index (χ1n) is 6.16. The summed E-state index contributed by atoms with van der Waals surface area (Å²) in [7, 11) is 1.43. The zero-order valence-electron chi connectivity index (χ0n) is 11.5. The predicted octanol–water partition coefficient (Wildman–Crippen LogP) is 2.84. The maximum absolute atomic E-state index is 10.8. The molecule has 0 saturated carbocycles. The van der Waals surface area contributed by atoms with Gasteiger partial charge in [-0.15, -0.1) is 0 Å². The SMILES string of the molecule is COc1ccc([N+](=O)[O-])cc1Oc1ncccc1[C@@H](C)O. The second-order valence-electron chi connectivity index (χ2n) is 4.27. The van der Waals surface area contributed by atoms with Crippen LogP contribution in [0, 0.1) is 10.1 Å². The molecule has 2 rings (SSSR count). The number of aliphatic hydroxyl groups is 1. The molecule has 7 heteroatoms. The highest BCUT2D eigenvalue weighted by atomic mass is 16.6. The number of pyridine rings is 1. The van der Waals surface area contributed by atoms with Crippen LogP contribution in [-0.2, 0) is 0 Å². The number of hydrogen-bond acceptors (Lipinski definition) is 6. The minimum atomic E-state index is -0.779. The molecule has 0 unspecified atom stereocenters. The van der Waals surface area contributed by atoms with Gasteiger partial charge in [0.15, 0.2) is 11.5 Å². The fourth-order valence-corrected chi connectivity index (χ4v) is 1.77. The maximum atomic E-state index is 10.8. The summed E-state index contributed by atoms with van der Waals surface area (Å²) in [4.78, 5) is 14.3. The molecule has 0 bridgehead atoms. The number of ether oxygens (including phenoxy) is 2. The zero-order chi connectivity index (χ0) is 15.4. The number of aliphatic hydroxyl groups excluding tert-OH is 1. The van der Waals surface area contributed by atoms with Crippen LogP contribution in [0.2, 0.25) is 0 Å². The molecule has 0 aliphatic heterocycles. The van der Waals surface area contributed by atoms with Crippen LogP contribution < -0.4 is 9.47 Å². The molecule has 0 aliphatic rings. The van der Waals surface area contributed by atoms with E-state index in [1.54, 1.807) is 19.1 Å². The highest BCUT2D eigenvalue weighted by Gasteiger charge is 2.16. The van der Waals surface area contributed by atoms with Crippen LogP contribution in [0.3, 0.4) is 0 Å². The minimum Gasteiger partial charge on any atom is -0.493 e. The van der Waals surface area contributed by atoms with Crippen molar-refractivity contribution in [2.75, 3.05) is 7.11 Å². The van der Waals surface area contributed by atoms with Gasteiger partial charge in [-0.3, -0.25) is 10.1 Å². The van der Waals surface area contributed by atoms with Crippen molar-refractivity contribution in [1.82, 2.24) is 4.98 Å². The van der Waals surface area contributed by atoms with E-state index in [1.807, 2.05) is 0 Å². The van der Waals surface area contributed by atoms with Gasteiger partial charge in [0.1, 0.15) is 0 Å². The van der Waals surface area contributed by atoms with Crippen molar-refractivity contribution in [3.63, 3.8) is 0 Å². The molecule has 21 heavy (non-hydrogen) atoms. The summed E-state index contributed by atoms with van der Waals surface area (Å²) in [5.41, 5.74) is 0.353. The smallest absolute Gasteiger partial charge is 0.273 e. The normalized spacial score (nSPS) is 11.8. The van der Waals surface area contributed by atoms with E-state index in [9.17, 15) is 15.2 Å². The molecular weight excluding hydrogens is 276 g/mol. The van der Waals surface area contributed by atoms with Gasteiger partial charge < -0.3 is 14.6 Å². The molecule has 0 amide bonds. The molecule has 7 nitrogen and oxygen atoms in total. The van der Waals surface area contributed by atoms with E-state index in [0.717, 1.165) is 0 Å². The van der Waals surface area contributed by atoms with Crippen LogP contribution in [0.4, 0.5) is 5.69 Å². The van der Waals surface area contributed by atoms with Crippen molar-refractivity contribution in [2.24, 2.45) is 0 Å². The number of nitro groups is 1. The van der Waals surface area contributed by atoms with E-state index >= 15 is 0 Å². The second kappa shape index (κ2) is 6.19. The van der Waals surface area contributed by atoms with E-state index in [0.29, 0.717) is 11.3 Å². The fraction of sp³-hybridized carbons (Fsp3) is 0.214. The maximum Gasteiger partial charge on any atom is 0.273 e. The largest absolute Gasteiger partial charge is 0.493 e. The first kappa shape index (κ1) is 14.7. The zero-order valence-corrected chi connectivity index (χ0v) is 11.5. The van der Waals surface area contributed by atoms with Gasteiger partial charge in [-0.2, -0.15) is 0 Å². The van der Waals surface area contributed by atoms with Crippen molar-refractivity contribution in [3.8, 4) is 17.4 Å². The van der Waals surface area contributed by atoms with Gasteiger partial charge in [0.05, 0.1) is 24.2 Å². The number of hydrogen-bond donors (Lipinski definition) is 1. The molecule has 1 N–H and O–H groups in total. The van der Waals surface area contributed by atoms with E-state index in [4.69, 9.17) is 9.47 Å². The van der Waals surface area contributed by atoms with E-state index in [-0.39, 0.29) is 17.3 Å². The minimum absolute atomic E-state index is 0.125. The number of benzene rings is 1. The van der Waals surface area contributed by atoms with E-state index in [2.05, 4.69) is 4.98 Å². The Hall–Kier alpha value is -2.67. The molecule has 0 aliphatic carbocycles. The molecule has 0 saturated heterocycles. The lowest BCUT2D eigenvalue weighted by Gasteiger charge is -2.13. The summed E-state index contributed by atoms with van der Waals surface area (Å²) < 4.78 is 10.7. The Morgan fingerprint density at radius 3 is 2.71 bits per heavy atom. The van der Waals surface area contributed by atoms with Gasteiger partial charge in [0.25, 0.3) is 5.69 Å². The number of methoxy groups -OCH3 is 1. The van der Waals surface area contributed by atoms with Gasteiger partial charge in [-0.25, -0.2) is 4.98 Å². The van der Waals surface area contributed by atoms with Crippen molar-refractivity contribution in [3.05, 3.63) is 52.2 Å². The van der Waals surface area contributed by atoms with Crippen molar-refractivity contribution >= 4 is 5.69 Å². The summed E-state index contributed by atoms with van der Waals surface area (Å²) >= 11 is 0. The Kier molecular flexibility index (Phi) is 4.34. The Bertz CT molecular complexity index is 658. The third-order valence-electron chi connectivity index (χ3n) is 2.82. The third-order valence-corrected chi connectivity index (χ3v) is 2.82. The number of aromatic nitrogens is 1. The van der Waals surface area contributed by atoms with Gasteiger partial charge in [-0.05, 0) is 25.1 Å². The number of rotatable bonds is 5. The fourth-order valence-electron chi connectivity index (χ4n) is 1.77. The van der Waals surface area contributed by atoms with Crippen LogP contribution in [0.1, 0.15) is 18.6 Å². The lowest BCUT2D eigenvalue weighted by Crippen LogP contribution is -2.00. The molecule has 0 fully saturated rings. The second-order valence-corrected chi connectivity index (χ2v) is 4.27. The summed E-state index contributed by atoms with van der Waals surface area (Å²) in [6.45, 7) is 1.58. The van der Waals surface area contributed by atoms with Crippen molar-refractivity contribution in [2.45, 2.75) is 13.0 Å². The van der Waals surface area contributed by atoms with Crippen molar-refractivity contribution in [1.29, 1.82) is 0 Å². The van der Waals surface area contributed by atoms with Crippen LogP contribution in [0.25, 0.3) is 0 Å². The predicted molar refractivity (Wildman–Crippen MR) is 74.6 cm³/mol. The highest BCUT2D eigenvalue weighted by molar-refractivity contribution is 5.50. The summed E-state index contributed by atoms with van der Waals surface area (Å²) in [6.07, 6.45) is 0.726. The number of nitrogens with zero attached hydrogens (tertiary/aromatic N) is 2. The highest BCUT2D eigenvalue weighted by Crippen LogP contribution is 2.36. The van der Waals surface area contributed by atoms with Gasteiger partial charge in [-0.1, -0.05) is 0 Å². The average molecular weight is 290 g/mol. The summed E-state index contributed by atoms with van der Waals surface area (Å²) in [6, 6.07) is 7.34. The average Bonchev–Trinajstić information content (AvgIpc) is 2.47. The van der Waals surface area contributed by atoms with Crippen LogP contribution >= 0.6 is 0 Å². The number of non-ortho nitro benzene ring substituents is 1. The quantitative estimate of drug-likeness (QED) is 0.672. The van der Waals surface area contributed by atoms with Crippen LogP contribution in [0.5, 0.6) is 17.4 Å². The first-order valence-corrected chi connectivity index (χ1v) is 6.16. The topological polar surface area (TPSA) is 94.7 Å². The third kappa shape index (κ3) is 3.26. The molecule has 2 aromatic rings. The standard InChI is InChI=1S/C14H14N2O5/c1-9(17)11-4-3-7-15-14(11)21-13-8-10(16(18)19)5-6-12(13)20-2/h3-9,17H,1-2H3/t9-/m1/s1. The number of nitro benzene ring substituents is 1. The summed E-state index contributed by atoms with van der Waals surface area (Å²) in [5.74, 6) is 0.668. The lowest BCUT2D eigenvalue weighted by atomic mass is 10.2. The first-order chi connectivity index (χ1) is 10.0. The summed E-state index contributed by atoms with van der Waals surface area (Å²) in [5, 5.41) is 20.5. The lowest BCUT2D eigenvalue weighted by molar-refractivity contribution is -0.384. The molecule has 1 atom stereocenters. The molecule has 1 aromatic carbocycles. The molecule has 1 aromatic heterocycles. The molecule has 0 radical (unpaired) electrons. The Morgan fingerprint density at radius 2 is 2.10 bits per heavy atom. The Morgan fingerprint density at radius 1 is 1.33 bits per heavy atom. The molecule has 0 spiro atoms. The van der Waals surface area contributed by atoms with E-state index in [1.165, 1.54) is 31.5 Å². The van der Waals surface area contributed by atoms with Gasteiger partial charge in [0.2, 0.25) is 5.88 Å². The van der Waals surface area contributed by atoms with Crippen LogP contribution in [-0.4, -0.2) is 22.1 Å². The Balaban J connectivity index is 2.43. The molecule has 110 valence electrons.